The smallest absolute Gasteiger partial charge is 0.272 e. The predicted molar refractivity (Wildman–Crippen MR) is 87.7 cm³/mol. The van der Waals surface area contributed by atoms with E-state index >= 15 is 0 Å². The second kappa shape index (κ2) is 6.39. The van der Waals surface area contributed by atoms with Gasteiger partial charge in [0.15, 0.2) is 0 Å². The minimum atomic E-state index is -0.0229. The molecule has 0 bridgehead atoms. The standard InChI is InChI=1S/C17H23N5O2/c1-13-4-2-7-22-15(10-18-16(13)22)17(23)20-8-9-24-14(11-20)12-21-6-3-5-19-21/h3,5-6,10,13-14H,2,4,7-9,11-12H2,1H3. The minimum absolute atomic E-state index is 0.0229. The minimum Gasteiger partial charge on any atom is -0.373 e. The molecule has 0 spiro atoms. The summed E-state index contributed by atoms with van der Waals surface area (Å²) in [7, 11) is 0. The Morgan fingerprint density at radius 3 is 3.17 bits per heavy atom. The first kappa shape index (κ1) is 15.4. The van der Waals surface area contributed by atoms with Gasteiger partial charge in [-0.3, -0.25) is 9.48 Å². The van der Waals surface area contributed by atoms with E-state index in [4.69, 9.17) is 4.74 Å². The molecule has 24 heavy (non-hydrogen) atoms. The van der Waals surface area contributed by atoms with Crippen LogP contribution in [0.25, 0.3) is 0 Å². The number of imidazole rings is 1. The molecule has 0 radical (unpaired) electrons. The van der Waals surface area contributed by atoms with Crippen molar-refractivity contribution >= 4 is 5.91 Å². The first-order valence-corrected chi connectivity index (χ1v) is 8.66. The first-order chi connectivity index (χ1) is 11.7. The van der Waals surface area contributed by atoms with E-state index in [1.165, 1.54) is 0 Å². The fourth-order valence-corrected chi connectivity index (χ4v) is 3.67. The van der Waals surface area contributed by atoms with Crippen molar-refractivity contribution in [3.63, 3.8) is 0 Å². The zero-order valence-electron chi connectivity index (χ0n) is 14.0. The van der Waals surface area contributed by atoms with Crippen LogP contribution in [0.3, 0.4) is 0 Å². The third-order valence-electron chi connectivity index (χ3n) is 4.94. The van der Waals surface area contributed by atoms with Crippen molar-refractivity contribution in [3.05, 3.63) is 36.2 Å². The number of hydrogen-bond donors (Lipinski definition) is 0. The van der Waals surface area contributed by atoms with Crippen LogP contribution in [0.4, 0.5) is 0 Å². The van der Waals surface area contributed by atoms with Gasteiger partial charge in [-0.25, -0.2) is 4.98 Å². The molecular weight excluding hydrogens is 306 g/mol. The van der Waals surface area contributed by atoms with Gasteiger partial charge in [0.05, 0.1) is 25.5 Å². The molecular formula is C17H23N5O2. The summed E-state index contributed by atoms with van der Waals surface area (Å²) in [6, 6.07) is 1.89. The normalized spacial score (nSPS) is 24.0. The Bertz CT molecular complexity index is 709. The van der Waals surface area contributed by atoms with E-state index in [0.717, 1.165) is 30.9 Å². The van der Waals surface area contributed by atoms with Crippen LogP contribution in [0.1, 0.15) is 42.0 Å². The van der Waals surface area contributed by atoms with Crippen LogP contribution in [-0.4, -0.2) is 55.9 Å². The Kier molecular flexibility index (Phi) is 4.10. The van der Waals surface area contributed by atoms with Crippen molar-refractivity contribution in [1.82, 2.24) is 24.2 Å². The van der Waals surface area contributed by atoms with Gasteiger partial charge >= 0.3 is 0 Å². The van der Waals surface area contributed by atoms with Crippen LogP contribution in [-0.2, 0) is 17.8 Å². The second-order valence-electron chi connectivity index (χ2n) is 6.67. The van der Waals surface area contributed by atoms with E-state index in [9.17, 15) is 4.79 Å². The molecule has 1 saturated heterocycles. The number of carbonyl (C=O) groups is 1. The lowest BCUT2D eigenvalue weighted by Crippen LogP contribution is -2.47. The Morgan fingerprint density at radius 2 is 2.33 bits per heavy atom. The summed E-state index contributed by atoms with van der Waals surface area (Å²) in [6.45, 7) is 5.52. The van der Waals surface area contributed by atoms with Gasteiger partial charge in [0.2, 0.25) is 0 Å². The van der Waals surface area contributed by atoms with Gasteiger partial charge in [-0.15, -0.1) is 0 Å². The fourth-order valence-electron chi connectivity index (χ4n) is 3.67. The summed E-state index contributed by atoms with van der Waals surface area (Å²) in [6.07, 6.45) is 7.65. The fraction of sp³-hybridized carbons (Fsp3) is 0.588. The van der Waals surface area contributed by atoms with Crippen molar-refractivity contribution in [2.24, 2.45) is 0 Å². The number of ether oxygens (including phenoxy) is 1. The number of fused-ring (bicyclic) bond motifs is 1. The lowest BCUT2D eigenvalue weighted by atomic mass is 10.0. The molecule has 2 atom stereocenters. The van der Waals surface area contributed by atoms with Crippen molar-refractivity contribution in [2.45, 2.75) is 44.9 Å². The molecule has 0 aromatic carbocycles. The summed E-state index contributed by atoms with van der Waals surface area (Å²) in [5.41, 5.74) is 0.719. The molecule has 2 aromatic rings. The van der Waals surface area contributed by atoms with E-state index in [1.807, 2.05) is 21.8 Å². The highest BCUT2D eigenvalue weighted by molar-refractivity contribution is 5.92. The molecule has 2 unspecified atom stereocenters. The number of rotatable bonds is 3. The van der Waals surface area contributed by atoms with E-state index in [1.54, 1.807) is 12.4 Å². The predicted octanol–water partition coefficient (Wildman–Crippen LogP) is 1.52. The average Bonchev–Trinajstić information content (AvgIpc) is 3.25. The third kappa shape index (κ3) is 2.84. The molecule has 0 aliphatic carbocycles. The van der Waals surface area contributed by atoms with E-state index in [0.29, 0.717) is 32.2 Å². The summed E-state index contributed by atoms with van der Waals surface area (Å²) in [5, 5.41) is 4.22. The maximum absolute atomic E-state index is 13.0. The lowest BCUT2D eigenvalue weighted by molar-refractivity contribution is -0.0303. The molecule has 2 aliphatic rings. The van der Waals surface area contributed by atoms with Crippen LogP contribution < -0.4 is 0 Å². The summed E-state index contributed by atoms with van der Waals surface area (Å²) < 4.78 is 9.76. The summed E-state index contributed by atoms with van der Waals surface area (Å²) in [5.74, 6) is 1.54. The maximum Gasteiger partial charge on any atom is 0.272 e. The van der Waals surface area contributed by atoms with Crippen molar-refractivity contribution < 1.29 is 9.53 Å². The molecule has 7 nitrogen and oxygen atoms in total. The lowest BCUT2D eigenvalue weighted by Gasteiger charge is -2.33. The molecule has 0 saturated carbocycles. The van der Waals surface area contributed by atoms with Crippen LogP contribution in [0, 0.1) is 0 Å². The van der Waals surface area contributed by atoms with Gasteiger partial charge < -0.3 is 14.2 Å². The molecule has 4 heterocycles. The number of hydrogen-bond acceptors (Lipinski definition) is 4. The monoisotopic (exact) mass is 329 g/mol. The number of aromatic nitrogens is 4. The van der Waals surface area contributed by atoms with Gasteiger partial charge in [-0.1, -0.05) is 6.92 Å². The molecule has 0 N–H and O–H groups in total. The molecule has 2 aromatic heterocycles. The second-order valence-corrected chi connectivity index (χ2v) is 6.67. The Morgan fingerprint density at radius 1 is 1.42 bits per heavy atom. The third-order valence-corrected chi connectivity index (χ3v) is 4.94. The quantitative estimate of drug-likeness (QED) is 0.856. The maximum atomic E-state index is 13.0. The van der Waals surface area contributed by atoms with Crippen LogP contribution in [0.2, 0.25) is 0 Å². The van der Waals surface area contributed by atoms with Gasteiger partial charge in [0, 0.05) is 37.9 Å². The largest absolute Gasteiger partial charge is 0.373 e. The van der Waals surface area contributed by atoms with Crippen molar-refractivity contribution in [1.29, 1.82) is 0 Å². The number of carbonyl (C=O) groups excluding carboxylic acids is 1. The molecule has 1 amide bonds. The Hall–Kier alpha value is -2.15. The zero-order chi connectivity index (χ0) is 16.5. The van der Waals surface area contributed by atoms with Crippen molar-refractivity contribution in [3.8, 4) is 0 Å². The zero-order valence-corrected chi connectivity index (χ0v) is 14.0. The van der Waals surface area contributed by atoms with Crippen LogP contribution >= 0.6 is 0 Å². The van der Waals surface area contributed by atoms with E-state index in [2.05, 4.69) is 21.6 Å². The Balaban J connectivity index is 1.48. The van der Waals surface area contributed by atoms with Crippen LogP contribution in [0.5, 0.6) is 0 Å². The highest BCUT2D eigenvalue weighted by Gasteiger charge is 2.30. The van der Waals surface area contributed by atoms with E-state index < -0.39 is 0 Å². The van der Waals surface area contributed by atoms with Crippen LogP contribution in [0.15, 0.2) is 24.7 Å². The van der Waals surface area contributed by atoms with Crippen molar-refractivity contribution in [2.75, 3.05) is 19.7 Å². The van der Waals surface area contributed by atoms with Gasteiger partial charge in [0.25, 0.3) is 5.91 Å². The number of morpholine rings is 1. The highest BCUT2D eigenvalue weighted by atomic mass is 16.5. The van der Waals surface area contributed by atoms with Gasteiger partial charge in [0.1, 0.15) is 11.5 Å². The number of nitrogens with zero attached hydrogens (tertiary/aromatic N) is 5. The van der Waals surface area contributed by atoms with E-state index in [-0.39, 0.29) is 12.0 Å². The SMILES string of the molecule is CC1CCCn2c(C(=O)N3CCOC(Cn4cccn4)C3)cnc21. The molecule has 1 fully saturated rings. The Labute approximate surface area is 141 Å². The van der Waals surface area contributed by atoms with Gasteiger partial charge in [-0.05, 0) is 18.9 Å². The average molecular weight is 329 g/mol. The molecule has 128 valence electrons. The molecule has 7 heteroatoms. The molecule has 2 aliphatic heterocycles. The highest BCUT2D eigenvalue weighted by Crippen LogP contribution is 2.27. The summed E-state index contributed by atoms with van der Waals surface area (Å²) >= 11 is 0. The topological polar surface area (TPSA) is 65.2 Å². The summed E-state index contributed by atoms with van der Waals surface area (Å²) in [4.78, 5) is 19.4. The number of amides is 1. The molecule has 4 rings (SSSR count). The van der Waals surface area contributed by atoms with Gasteiger partial charge in [-0.2, -0.15) is 5.10 Å². The first-order valence-electron chi connectivity index (χ1n) is 8.66.